The summed E-state index contributed by atoms with van der Waals surface area (Å²) in [5.41, 5.74) is 0.450. The van der Waals surface area contributed by atoms with E-state index in [4.69, 9.17) is 0 Å². The maximum Gasteiger partial charge on any atom is 0.272 e. The van der Waals surface area contributed by atoms with Gasteiger partial charge in [0, 0.05) is 49.0 Å². The molecular weight excluding hydrogens is 350 g/mol. The number of aromatic nitrogens is 2. The number of piperazine rings is 1. The van der Waals surface area contributed by atoms with Crippen LogP contribution in [0.5, 0.6) is 0 Å². The van der Waals surface area contributed by atoms with E-state index in [2.05, 4.69) is 45.2 Å². The van der Waals surface area contributed by atoms with Gasteiger partial charge in [0.05, 0.1) is 0 Å². The molecule has 150 valence electrons. The molecule has 2 aromatic rings. The Morgan fingerprint density at radius 1 is 1.00 bits per heavy atom. The Balaban J connectivity index is 1.57. The van der Waals surface area contributed by atoms with Crippen molar-refractivity contribution >= 4 is 22.5 Å². The molecular formula is C22H31N5O. The summed E-state index contributed by atoms with van der Waals surface area (Å²) >= 11 is 0. The van der Waals surface area contributed by atoms with Crippen LogP contribution in [-0.2, 0) is 0 Å². The van der Waals surface area contributed by atoms with Gasteiger partial charge in [-0.1, -0.05) is 43.5 Å². The number of hydrogen-bond donors (Lipinski definition) is 1. The second-order valence-electron chi connectivity index (χ2n) is 8.34. The topological polar surface area (TPSA) is 61.4 Å². The van der Waals surface area contributed by atoms with Gasteiger partial charge in [-0.3, -0.25) is 9.69 Å². The second kappa shape index (κ2) is 8.43. The minimum atomic E-state index is -0.0909. The molecule has 4 rings (SSSR count). The first-order valence-electron chi connectivity index (χ1n) is 10.7. The zero-order chi connectivity index (χ0) is 19.5. The molecule has 6 heteroatoms. The molecule has 2 aliphatic rings. The van der Waals surface area contributed by atoms with Gasteiger partial charge in [-0.05, 0) is 26.7 Å². The van der Waals surface area contributed by atoms with Crippen molar-refractivity contribution in [3.8, 4) is 0 Å². The number of amides is 1. The molecule has 1 aliphatic carbocycles. The third-order valence-electron chi connectivity index (χ3n) is 6.17. The quantitative estimate of drug-likeness (QED) is 0.881. The Morgan fingerprint density at radius 3 is 2.36 bits per heavy atom. The van der Waals surface area contributed by atoms with Crippen LogP contribution < -0.4 is 10.2 Å². The fraction of sp³-hybridized carbons (Fsp3) is 0.591. The van der Waals surface area contributed by atoms with Crippen molar-refractivity contribution < 1.29 is 4.79 Å². The van der Waals surface area contributed by atoms with E-state index in [1.165, 1.54) is 19.3 Å². The number of rotatable bonds is 4. The van der Waals surface area contributed by atoms with E-state index in [1.54, 1.807) is 0 Å². The highest BCUT2D eigenvalue weighted by Crippen LogP contribution is 2.27. The normalized spacial score (nSPS) is 19.3. The molecule has 1 aliphatic heterocycles. The van der Waals surface area contributed by atoms with E-state index in [1.807, 2.05) is 18.2 Å². The van der Waals surface area contributed by atoms with Gasteiger partial charge in [0.15, 0.2) is 11.5 Å². The Kier molecular flexibility index (Phi) is 5.76. The standard InChI is InChI=1S/C22H31N5O/c1-16(2)26-12-14-27(15-13-26)21-19-11-7-6-10-18(19)20(24-25-21)22(28)23-17-8-4-3-5-9-17/h6-7,10-11,16-17H,3-5,8-9,12-15H2,1-2H3,(H,23,28). The summed E-state index contributed by atoms with van der Waals surface area (Å²) in [4.78, 5) is 17.7. The summed E-state index contributed by atoms with van der Waals surface area (Å²) in [6.45, 7) is 8.40. The number of carbonyl (C=O) groups excluding carboxylic acids is 1. The van der Waals surface area contributed by atoms with Crippen LogP contribution in [0.3, 0.4) is 0 Å². The minimum Gasteiger partial charge on any atom is -0.352 e. The Bertz CT molecular complexity index is 823. The van der Waals surface area contributed by atoms with Crippen LogP contribution in [0.4, 0.5) is 5.82 Å². The van der Waals surface area contributed by atoms with Crippen LogP contribution >= 0.6 is 0 Å². The number of anilines is 1. The lowest BCUT2D eigenvalue weighted by Gasteiger charge is -2.37. The highest BCUT2D eigenvalue weighted by atomic mass is 16.2. The lowest BCUT2D eigenvalue weighted by atomic mass is 9.95. The Hall–Kier alpha value is -2.21. The van der Waals surface area contributed by atoms with Crippen LogP contribution in [0, 0.1) is 0 Å². The van der Waals surface area contributed by atoms with Crippen LogP contribution in [0.2, 0.25) is 0 Å². The predicted octanol–water partition coefficient (Wildman–Crippen LogP) is 3.22. The number of nitrogens with one attached hydrogen (secondary N) is 1. The molecule has 28 heavy (non-hydrogen) atoms. The molecule has 1 saturated carbocycles. The molecule has 2 heterocycles. The van der Waals surface area contributed by atoms with Crippen LogP contribution in [0.15, 0.2) is 24.3 Å². The summed E-state index contributed by atoms with van der Waals surface area (Å²) in [5, 5.41) is 14.0. The van der Waals surface area contributed by atoms with Crippen molar-refractivity contribution in [1.82, 2.24) is 20.4 Å². The molecule has 6 nitrogen and oxygen atoms in total. The van der Waals surface area contributed by atoms with Crippen molar-refractivity contribution in [1.29, 1.82) is 0 Å². The number of benzene rings is 1. The van der Waals surface area contributed by atoms with Crippen molar-refractivity contribution in [2.75, 3.05) is 31.1 Å². The van der Waals surface area contributed by atoms with Gasteiger partial charge in [0.2, 0.25) is 0 Å². The number of hydrogen-bond acceptors (Lipinski definition) is 5. The summed E-state index contributed by atoms with van der Waals surface area (Å²) in [6, 6.07) is 8.88. The van der Waals surface area contributed by atoms with Gasteiger partial charge in [-0.15, -0.1) is 10.2 Å². The van der Waals surface area contributed by atoms with Gasteiger partial charge < -0.3 is 10.2 Å². The fourth-order valence-corrected chi connectivity index (χ4v) is 4.44. The molecule has 1 amide bonds. The maximum atomic E-state index is 12.9. The first-order chi connectivity index (χ1) is 13.6. The molecule has 0 atom stereocenters. The Morgan fingerprint density at radius 2 is 1.68 bits per heavy atom. The summed E-state index contributed by atoms with van der Waals surface area (Å²) < 4.78 is 0. The zero-order valence-electron chi connectivity index (χ0n) is 17.0. The van der Waals surface area contributed by atoms with E-state index in [-0.39, 0.29) is 11.9 Å². The van der Waals surface area contributed by atoms with Gasteiger partial charge in [0.1, 0.15) is 0 Å². The average Bonchev–Trinajstić information content (AvgIpc) is 2.73. The molecule has 1 aromatic heterocycles. The van der Waals surface area contributed by atoms with Gasteiger partial charge in [0.25, 0.3) is 5.91 Å². The lowest BCUT2D eigenvalue weighted by molar-refractivity contribution is 0.0923. The summed E-state index contributed by atoms with van der Waals surface area (Å²) in [5.74, 6) is 0.806. The van der Waals surface area contributed by atoms with E-state index in [0.717, 1.165) is 55.6 Å². The smallest absolute Gasteiger partial charge is 0.272 e. The largest absolute Gasteiger partial charge is 0.352 e. The zero-order valence-corrected chi connectivity index (χ0v) is 17.0. The second-order valence-corrected chi connectivity index (χ2v) is 8.34. The lowest BCUT2D eigenvalue weighted by Crippen LogP contribution is -2.49. The molecule has 1 aromatic carbocycles. The summed E-state index contributed by atoms with van der Waals surface area (Å²) in [6.07, 6.45) is 5.79. The van der Waals surface area contributed by atoms with Crippen LogP contribution in [0.25, 0.3) is 10.8 Å². The molecule has 1 N–H and O–H groups in total. The first kappa shape index (κ1) is 19.1. The summed E-state index contributed by atoms with van der Waals surface area (Å²) in [7, 11) is 0. The average molecular weight is 382 g/mol. The van der Waals surface area contributed by atoms with E-state index >= 15 is 0 Å². The number of carbonyl (C=O) groups is 1. The monoisotopic (exact) mass is 381 g/mol. The molecule has 2 fully saturated rings. The van der Waals surface area contributed by atoms with Gasteiger partial charge in [-0.25, -0.2) is 0 Å². The first-order valence-corrected chi connectivity index (χ1v) is 10.7. The molecule has 1 saturated heterocycles. The van der Waals surface area contributed by atoms with Crippen molar-refractivity contribution in [3.05, 3.63) is 30.0 Å². The van der Waals surface area contributed by atoms with Crippen LogP contribution in [0.1, 0.15) is 56.4 Å². The fourth-order valence-electron chi connectivity index (χ4n) is 4.44. The SMILES string of the molecule is CC(C)N1CCN(c2nnc(C(=O)NC3CCCCC3)c3ccccc23)CC1. The third-order valence-corrected chi connectivity index (χ3v) is 6.17. The van der Waals surface area contributed by atoms with E-state index < -0.39 is 0 Å². The third kappa shape index (κ3) is 3.97. The number of fused-ring (bicyclic) bond motifs is 1. The Labute approximate surface area is 167 Å². The highest BCUT2D eigenvalue weighted by molar-refractivity contribution is 6.07. The van der Waals surface area contributed by atoms with Gasteiger partial charge >= 0.3 is 0 Å². The minimum absolute atomic E-state index is 0.0909. The van der Waals surface area contributed by atoms with Crippen molar-refractivity contribution in [3.63, 3.8) is 0 Å². The van der Waals surface area contributed by atoms with Crippen LogP contribution in [-0.4, -0.2) is 59.3 Å². The molecule has 0 bridgehead atoms. The highest BCUT2D eigenvalue weighted by Gasteiger charge is 2.24. The van der Waals surface area contributed by atoms with Crippen molar-refractivity contribution in [2.45, 2.75) is 58.0 Å². The molecule has 0 radical (unpaired) electrons. The predicted molar refractivity (Wildman–Crippen MR) is 113 cm³/mol. The van der Waals surface area contributed by atoms with Gasteiger partial charge in [-0.2, -0.15) is 0 Å². The molecule has 0 unspecified atom stereocenters. The van der Waals surface area contributed by atoms with Crippen molar-refractivity contribution in [2.24, 2.45) is 0 Å². The van der Waals surface area contributed by atoms with E-state index in [0.29, 0.717) is 11.7 Å². The molecule has 0 spiro atoms. The van der Waals surface area contributed by atoms with E-state index in [9.17, 15) is 4.79 Å². The number of nitrogens with zero attached hydrogens (tertiary/aromatic N) is 4. The maximum absolute atomic E-state index is 12.9.